The third-order valence-corrected chi connectivity index (χ3v) is 11.8. The van der Waals surface area contributed by atoms with Crippen molar-refractivity contribution in [3.05, 3.63) is 164 Å². The van der Waals surface area contributed by atoms with E-state index in [1.807, 2.05) is 72.8 Å². The number of para-hydroxylation sites is 1. The molecular weight excluding hydrogens is 827 g/mol. The van der Waals surface area contributed by atoms with E-state index >= 15 is 0 Å². The molecular formula is C46H31N7O7S2. The van der Waals surface area contributed by atoms with Gasteiger partial charge in [-0.2, -0.15) is 21.9 Å². The number of nitrogens with zero attached hydrogens (tertiary/aromatic N) is 6. The molecule has 0 amide bonds. The lowest BCUT2D eigenvalue weighted by molar-refractivity contribution is 0.481. The zero-order valence-corrected chi connectivity index (χ0v) is 33.7. The Morgan fingerprint density at radius 3 is 1.61 bits per heavy atom. The van der Waals surface area contributed by atoms with Crippen molar-refractivity contribution in [2.75, 3.05) is 5.32 Å². The average molecular weight is 858 g/mol. The summed E-state index contributed by atoms with van der Waals surface area (Å²) in [6.07, 6.45) is 0. The second kappa shape index (κ2) is 16.0. The Morgan fingerprint density at radius 2 is 0.952 bits per heavy atom. The lowest BCUT2D eigenvalue weighted by atomic mass is 10.1. The molecule has 14 nitrogen and oxygen atoms in total. The van der Waals surface area contributed by atoms with Crippen LogP contribution in [0.5, 0.6) is 5.75 Å². The number of aromatic hydroxyl groups is 1. The first kappa shape index (κ1) is 39.7. The fourth-order valence-electron chi connectivity index (χ4n) is 7.07. The van der Waals surface area contributed by atoms with Crippen LogP contribution in [0.2, 0.25) is 0 Å². The van der Waals surface area contributed by atoms with E-state index in [4.69, 9.17) is 0 Å². The summed E-state index contributed by atoms with van der Waals surface area (Å²) in [5.74, 6) is -0.0893. The third-order valence-electron chi connectivity index (χ3n) is 10.1. The highest BCUT2D eigenvalue weighted by atomic mass is 32.2. The Bertz CT molecular complexity index is 3580. The predicted octanol–water partition coefficient (Wildman–Crippen LogP) is 13.5. The van der Waals surface area contributed by atoms with E-state index in [0.29, 0.717) is 60.5 Å². The molecule has 0 unspecified atom stereocenters. The lowest BCUT2D eigenvalue weighted by Gasteiger charge is -2.09. The SMILES string of the molecule is O=S(=O)(O)c1ccc2c(N=Nc3ccc(N=Nc4ccc5cccc(S(=O)(=O)O)c5c4)c4ccccc34)ccc(N=Nc3ccc4cc(Nc5ccccc5)ccc4c3O)c2c1. The maximum Gasteiger partial charge on any atom is 0.295 e. The number of hydrogen-bond acceptors (Lipinski definition) is 12. The van der Waals surface area contributed by atoms with Gasteiger partial charge in [0.2, 0.25) is 0 Å². The van der Waals surface area contributed by atoms with Crippen molar-refractivity contribution in [3.8, 4) is 5.75 Å². The van der Waals surface area contributed by atoms with Crippen molar-refractivity contribution in [1.29, 1.82) is 0 Å². The van der Waals surface area contributed by atoms with Crippen molar-refractivity contribution in [2.24, 2.45) is 30.7 Å². The third kappa shape index (κ3) is 8.09. The molecule has 0 spiro atoms. The van der Waals surface area contributed by atoms with Gasteiger partial charge in [-0.1, -0.05) is 72.8 Å². The lowest BCUT2D eigenvalue weighted by Crippen LogP contribution is -1.98. The standard InChI is InChI=1S/C46H31N7O7S2/c54-46-34-18-16-31(47-30-8-2-1-3-9-30)25-29(34)14-20-44(46)53-52-43-24-23-42(37-19-17-33(27-39(37)43)61(55,56)57)51-50-41-22-21-40(35-10-4-5-11-36(35)41)49-48-32-15-13-28-7-6-12-45(38(28)26-32)62(58,59)60/h1-27,47,54H,(H,55,56,57)(H,58,59,60). The Balaban J connectivity index is 1.03. The van der Waals surface area contributed by atoms with E-state index < -0.39 is 20.2 Å². The Morgan fingerprint density at radius 1 is 0.387 bits per heavy atom. The first-order valence-electron chi connectivity index (χ1n) is 18.8. The van der Waals surface area contributed by atoms with Crippen LogP contribution in [0, 0.1) is 0 Å². The van der Waals surface area contributed by atoms with E-state index in [-0.39, 0.29) is 26.9 Å². The van der Waals surface area contributed by atoms with Crippen molar-refractivity contribution in [1.82, 2.24) is 0 Å². The normalized spacial score (nSPS) is 12.5. The number of phenolic OH excluding ortho intramolecular Hbond substituents is 1. The maximum absolute atomic E-state index is 12.2. The van der Waals surface area contributed by atoms with Gasteiger partial charge >= 0.3 is 0 Å². The van der Waals surface area contributed by atoms with Crippen molar-refractivity contribution in [2.45, 2.75) is 9.79 Å². The minimum Gasteiger partial charge on any atom is -0.505 e. The van der Waals surface area contributed by atoms with Crippen LogP contribution in [0.25, 0.3) is 43.1 Å². The van der Waals surface area contributed by atoms with Gasteiger partial charge in [-0.15, -0.1) is 25.6 Å². The highest BCUT2D eigenvalue weighted by Gasteiger charge is 2.16. The van der Waals surface area contributed by atoms with Crippen molar-refractivity contribution < 1.29 is 31.0 Å². The number of rotatable bonds is 10. The topological polar surface area (TPSA) is 215 Å². The number of fused-ring (bicyclic) bond motifs is 4. The second-order valence-corrected chi connectivity index (χ2v) is 16.8. The summed E-state index contributed by atoms with van der Waals surface area (Å²) in [4.78, 5) is -0.589. The van der Waals surface area contributed by atoms with Gasteiger partial charge in [-0.3, -0.25) is 9.11 Å². The summed E-state index contributed by atoms with van der Waals surface area (Å²) in [6.45, 7) is 0. The number of nitrogens with one attached hydrogen (secondary N) is 1. The molecule has 0 saturated carbocycles. The van der Waals surface area contributed by atoms with Gasteiger partial charge in [0.25, 0.3) is 20.2 Å². The van der Waals surface area contributed by atoms with Crippen LogP contribution in [-0.4, -0.2) is 31.0 Å². The van der Waals surface area contributed by atoms with Gasteiger partial charge in [0, 0.05) is 43.7 Å². The van der Waals surface area contributed by atoms with E-state index in [1.165, 1.54) is 30.3 Å². The van der Waals surface area contributed by atoms with Crippen LogP contribution >= 0.6 is 0 Å². The molecule has 62 heavy (non-hydrogen) atoms. The Labute approximate surface area is 353 Å². The van der Waals surface area contributed by atoms with Crippen LogP contribution in [0.1, 0.15) is 0 Å². The molecule has 0 aliphatic carbocycles. The molecule has 0 radical (unpaired) electrons. The van der Waals surface area contributed by atoms with E-state index in [2.05, 4.69) is 36.0 Å². The van der Waals surface area contributed by atoms with Gasteiger partial charge in [-0.05, 0) is 102 Å². The molecule has 9 aromatic rings. The summed E-state index contributed by atoms with van der Waals surface area (Å²) in [5.41, 5.74) is 3.91. The minimum absolute atomic E-state index is 0.0893. The molecule has 0 atom stereocenters. The molecule has 4 N–H and O–H groups in total. The molecule has 0 heterocycles. The molecule has 16 heteroatoms. The summed E-state index contributed by atoms with van der Waals surface area (Å²) >= 11 is 0. The highest BCUT2D eigenvalue weighted by molar-refractivity contribution is 7.86. The van der Waals surface area contributed by atoms with Gasteiger partial charge in [0.15, 0.2) is 5.75 Å². The van der Waals surface area contributed by atoms with E-state index in [0.717, 1.165) is 16.8 Å². The number of azo groups is 3. The summed E-state index contributed by atoms with van der Waals surface area (Å²) < 4.78 is 68.1. The van der Waals surface area contributed by atoms with Crippen LogP contribution < -0.4 is 5.32 Å². The Hall–Kier alpha value is -7.76. The number of hydrogen-bond donors (Lipinski definition) is 4. The van der Waals surface area contributed by atoms with E-state index in [9.17, 15) is 31.0 Å². The van der Waals surface area contributed by atoms with Gasteiger partial charge < -0.3 is 10.4 Å². The average Bonchev–Trinajstić information content (AvgIpc) is 3.27. The maximum atomic E-state index is 12.2. The van der Waals surface area contributed by atoms with Crippen LogP contribution in [0.4, 0.5) is 45.5 Å². The molecule has 0 aliphatic rings. The van der Waals surface area contributed by atoms with Crippen molar-refractivity contribution in [3.63, 3.8) is 0 Å². The number of benzene rings is 9. The van der Waals surface area contributed by atoms with Gasteiger partial charge in [0.05, 0.1) is 33.3 Å². The molecule has 0 bridgehead atoms. The molecule has 0 aliphatic heterocycles. The summed E-state index contributed by atoms with van der Waals surface area (Å²) in [5, 5.41) is 45.6. The molecule has 9 rings (SSSR count). The van der Waals surface area contributed by atoms with Crippen LogP contribution in [0.15, 0.2) is 204 Å². The van der Waals surface area contributed by atoms with Crippen LogP contribution in [-0.2, 0) is 20.2 Å². The van der Waals surface area contributed by atoms with Crippen LogP contribution in [0.3, 0.4) is 0 Å². The summed E-state index contributed by atoms with van der Waals surface area (Å²) in [6, 6.07) is 46.2. The number of anilines is 2. The minimum atomic E-state index is -4.59. The fourth-order valence-corrected chi connectivity index (χ4v) is 8.28. The summed E-state index contributed by atoms with van der Waals surface area (Å²) in [7, 11) is -9.06. The predicted molar refractivity (Wildman–Crippen MR) is 239 cm³/mol. The first-order chi connectivity index (χ1) is 29.9. The second-order valence-electron chi connectivity index (χ2n) is 14.0. The molecule has 0 saturated heterocycles. The van der Waals surface area contributed by atoms with Gasteiger partial charge in [-0.25, -0.2) is 0 Å². The molecule has 9 aromatic carbocycles. The van der Waals surface area contributed by atoms with Crippen molar-refractivity contribution >= 4 is 109 Å². The molecule has 0 aromatic heterocycles. The largest absolute Gasteiger partial charge is 0.505 e. The molecule has 304 valence electrons. The van der Waals surface area contributed by atoms with Gasteiger partial charge in [0.1, 0.15) is 10.6 Å². The monoisotopic (exact) mass is 857 g/mol. The highest BCUT2D eigenvalue weighted by Crippen LogP contribution is 2.41. The number of phenols is 1. The fraction of sp³-hybridized carbons (Fsp3) is 0. The molecule has 0 fully saturated rings. The first-order valence-corrected chi connectivity index (χ1v) is 21.7. The zero-order chi connectivity index (χ0) is 43.0. The quantitative estimate of drug-likeness (QED) is 0.0764. The zero-order valence-electron chi connectivity index (χ0n) is 32.1. The van der Waals surface area contributed by atoms with E-state index in [1.54, 1.807) is 60.7 Å². The Kier molecular flexibility index (Phi) is 10.3. The smallest absolute Gasteiger partial charge is 0.295 e.